The lowest BCUT2D eigenvalue weighted by Crippen LogP contribution is -2.37. The highest BCUT2D eigenvalue weighted by Crippen LogP contribution is 2.22. The molecule has 0 saturated heterocycles. The van der Waals surface area contributed by atoms with Gasteiger partial charge in [-0.3, -0.25) is 13.9 Å². The van der Waals surface area contributed by atoms with Gasteiger partial charge in [-0.05, 0) is 29.8 Å². The van der Waals surface area contributed by atoms with E-state index in [4.69, 9.17) is 16.0 Å². The molecule has 3 aromatic heterocycles. The molecule has 0 saturated carbocycles. The predicted molar refractivity (Wildman–Crippen MR) is 96.2 cm³/mol. The highest BCUT2D eigenvalue weighted by Gasteiger charge is 2.19. The summed E-state index contributed by atoms with van der Waals surface area (Å²) in [5.74, 6) is -0.161. The van der Waals surface area contributed by atoms with Gasteiger partial charge in [0.25, 0.3) is 5.56 Å². The van der Waals surface area contributed by atoms with E-state index in [0.717, 1.165) is 4.57 Å². The first-order chi connectivity index (χ1) is 12.9. The molecule has 0 N–H and O–H groups in total. The van der Waals surface area contributed by atoms with Crippen LogP contribution in [-0.2, 0) is 20.6 Å². The lowest BCUT2D eigenvalue weighted by molar-refractivity contribution is 0.569. The number of aromatic nitrogens is 5. The van der Waals surface area contributed by atoms with Crippen molar-refractivity contribution in [1.82, 2.24) is 23.7 Å². The molecule has 0 amide bonds. The molecule has 1 aromatic carbocycles. The number of hydrogen-bond acceptors (Lipinski definition) is 5. The summed E-state index contributed by atoms with van der Waals surface area (Å²) < 4.78 is 22.5. The van der Waals surface area contributed by atoms with Gasteiger partial charge in [-0.15, -0.1) is 0 Å². The van der Waals surface area contributed by atoms with Crippen molar-refractivity contribution in [2.24, 2.45) is 14.1 Å². The van der Waals surface area contributed by atoms with Crippen LogP contribution in [0.1, 0.15) is 5.69 Å². The Morgan fingerprint density at radius 1 is 1.19 bits per heavy atom. The SMILES string of the molecule is Cn1c(=O)c2c(nc(Cl)n2Cc2coc(-c3cccc(F)c3)n2)n(C)c1=O. The van der Waals surface area contributed by atoms with Crippen LogP contribution in [0.5, 0.6) is 0 Å². The zero-order chi connectivity index (χ0) is 19.3. The van der Waals surface area contributed by atoms with Gasteiger partial charge < -0.3 is 8.98 Å². The van der Waals surface area contributed by atoms with Gasteiger partial charge in [-0.1, -0.05) is 6.07 Å². The lowest BCUT2D eigenvalue weighted by atomic mass is 10.2. The minimum Gasteiger partial charge on any atom is -0.444 e. The molecule has 0 spiro atoms. The molecule has 8 nitrogen and oxygen atoms in total. The van der Waals surface area contributed by atoms with E-state index in [1.54, 1.807) is 12.1 Å². The minimum absolute atomic E-state index is 0.0404. The zero-order valence-corrected chi connectivity index (χ0v) is 15.1. The Balaban J connectivity index is 1.80. The number of fused-ring (bicyclic) bond motifs is 1. The van der Waals surface area contributed by atoms with E-state index in [1.165, 1.54) is 41.6 Å². The second-order valence-electron chi connectivity index (χ2n) is 6.00. The molecule has 10 heteroatoms. The topological polar surface area (TPSA) is 87.8 Å². The summed E-state index contributed by atoms with van der Waals surface area (Å²) >= 11 is 6.19. The molecule has 27 heavy (non-hydrogen) atoms. The van der Waals surface area contributed by atoms with E-state index in [0.29, 0.717) is 11.3 Å². The molecule has 4 aromatic rings. The molecule has 0 aliphatic heterocycles. The summed E-state index contributed by atoms with van der Waals surface area (Å²) in [4.78, 5) is 33.0. The van der Waals surface area contributed by atoms with Crippen LogP contribution in [0, 0.1) is 5.82 Å². The molecule has 0 atom stereocenters. The largest absolute Gasteiger partial charge is 0.444 e. The minimum atomic E-state index is -0.513. The Kier molecular flexibility index (Phi) is 3.96. The summed E-state index contributed by atoms with van der Waals surface area (Å²) in [7, 11) is 2.89. The van der Waals surface area contributed by atoms with Crippen LogP contribution >= 0.6 is 11.6 Å². The van der Waals surface area contributed by atoms with E-state index in [-0.39, 0.29) is 28.9 Å². The number of oxazole rings is 1. The number of aryl methyl sites for hydroxylation is 1. The fourth-order valence-electron chi connectivity index (χ4n) is 2.86. The standard InChI is InChI=1S/C17H13ClFN5O3/c1-22-13-12(15(25)23(2)17(22)26)24(16(18)21-13)7-11-8-27-14(20-11)9-4-3-5-10(19)6-9/h3-6,8H,7H2,1-2H3. The summed E-state index contributed by atoms with van der Waals surface area (Å²) in [5.41, 5.74) is 0.305. The maximum atomic E-state index is 13.4. The average molecular weight is 390 g/mol. The number of imidazole rings is 1. The highest BCUT2D eigenvalue weighted by atomic mass is 35.5. The zero-order valence-electron chi connectivity index (χ0n) is 14.3. The smallest absolute Gasteiger partial charge is 0.332 e. The van der Waals surface area contributed by atoms with Crippen molar-refractivity contribution < 1.29 is 8.81 Å². The van der Waals surface area contributed by atoms with Crippen LogP contribution in [0.4, 0.5) is 4.39 Å². The fraction of sp³-hybridized carbons (Fsp3) is 0.176. The maximum absolute atomic E-state index is 13.4. The normalized spacial score (nSPS) is 11.4. The van der Waals surface area contributed by atoms with Gasteiger partial charge in [0.2, 0.25) is 11.2 Å². The average Bonchev–Trinajstić information content (AvgIpc) is 3.24. The number of nitrogens with zero attached hydrogens (tertiary/aromatic N) is 5. The number of halogens is 2. The van der Waals surface area contributed by atoms with Gasteiger partial charge in [0.15, 0.2) is 11.2 Å². The molecule has 0 unspecified atom stereocenters. The third-order valence-electron chi connectivity index (χ3n) is 4.24. The number of benzene rings is 1. The maximum Gasteiger partial charge on any atom is 0.332 e. The Labute approximate surface area is 156 Å². The third kappa shape index (κ3) is 2.76. The van der Waals surface area contributed by atoms with E-state index < -0.39 is 17.1 Å². The Bertz CT molecular complexity index is 1300. The van der Waals surface area contributed by atoms with Gasteiger partial charge in [-0.25, -0.2) is 14.2 Å². The van der Waals surface area contributed by atoms with E-state index >= 15 is 0 Å². The molecule has 3 heterocycles. The van der Waals surface area contributed by atoms with Crippen molar-refractivity contribution in [2.45, 2.75) is 6.54 Å². The second kappa shape index (κ2) is 6.20. The summed E-state index contributed by atoms with van der Waals surface area (Å²) in [6.07, 6.45) is 1.40. The number of hydrogen-bond donors (Lipinski definition) is 0. The van der Waals surface area contributed by atoms with E-state index in [2.05, 4.69) is 9.97 Å². The molecule has 0 aliphatic rings. The molecule has 0 fully saturated rings. The molecule has 0 radical (unpaired) electrons. The van der Waals surface area contributed by atoms with E-state index in [9.17, 15) is 14.0 Å². The van der Waals surface area contributed by atoms with Crippen molar-refractivity contribution >= 4 is 22.8 Å². The molecule has 0 bridgehead atoms. The van der Waals surface area contributed by atoms with Crippen molar-refractivity contribution in [2.75, 3.05) is 0 Å². The van der Waals surface area contributed by atoms with Crippen molar-refractivity contribution in [3.05, 3.63) is 68.2 Å². The molecule has 138 valence electrons. The van der Waals surface area contributed by atoms with Gasteiger partial charge in [0, 0.05) is 19.7 Å². The Hall–Kier alpha value is -3.20. The quantitative estimate of drug-likeness (QED) is 0.500. The monoisotopic (exact) mass is 389 g/mol. The molecule has 4 rings (SSSR count). The second-order valence-corrected chi connectivity index (χ2v) is 6.34. The Morgan fingerprint density at radius 3 is 2.70 bits per heavy atom. The van der Waals surface area contributed by atoms with Crippen molar-refractivity contribution in [1.29, 1.82) is 0 Å². The summed E-state index contributed by atoms with van der Waals surface area (Å²) in [6.45, 7) is 0.0988. The lowest BCUT2D eigenvalue weighted by Gasteiger charge is -2.05. The first-order valence-electron chi connectivity index (χ1n) is 7.89. The summed E-state index contributed by atoms with van der Waals surface area (Å²) in [6, 6.07) is 5.86. The Morgan fingerprint density at radius 2 is 1.96 bits per heavy atom. The third-order valence-corrected chi connectivity index (χ3v) is 4.53. The van der Waals surface area contributed by atoms with Crippen LogP contribution in [0.3, 0.4) is 0 Å². The van der Waals surface area contributed by atoms with Crippen LogP contribution in [0.15, 0.2) is 44.5 Å². The van der Waals surface area contributed by atoms with Gasteiger partial charge in [0.1, 0.15) is 12.1 Å². The van der Waals surface area contributed by atoms with Crippen LogP contribution < -0.4 is 11.2 Å². The van der Waals surface area contributed by atoms with Gasteiger partial charge >= 0.3 is 5.69 Å². The molecule has 0 aliphatic carbocycles. The molecular formula is C17H13ClFN5O3. The van der Waals surface area contributed by atoms with Gasteiger partial charge in [-0.2, -0.15) is 4.98 Å². The first-order valence-corrected chi connectivity index (χ1v) is 8.26. The first kappa shape index (κ1) is 17.2. The van der Waals surface area contributed by atoms with Crippen molar-refractivity contribution in [3.8, 4) is 11.5 Å². The number of rotatable bonds is 3. The molecular weight excluding hydrogens is 377 g/mol. The van der Waals surface area contributed by atoms with Crippen LogP contribution in [-0.4, -0.2) is 23.7 Å². The fourth-order valence-corrected chi connectivity index (χ4v) is 3.08. The van der Waals surface area contributed by atoms with Gasteiger partial charge in [0.05, 0.1) is 12.2 Å². The predicted octanol–water partition coefficient (Wildman–Crippen LogP) is 1.93. The van der Waals surface area contributed by atoms with Crippen LogP contribution in [0.25, 0.3) is 22.6 Å². The highest BCUT2D eigenvalue weighted by molar-refractivity contribution is 6.29. The van der Waals surface area contributed by atoms with E-state index in [1.807, 2.05) is 0 Å². The summed E-state index contributed by atoms with van der Waals surface area (Å²) in [5, 5.41) is 0.0404. The van der Waals surface area contributed by atoms with Crippen molar-refractivity contribution in [3.63, 3.8) is 0 Å². The van der Waals surface area contributed by atoms with Crippen LogP contribution in [0.2, 0.25) is 5.28 Å².